The lowest BCUT2D eigenvalue weighted by Crippen LogP contribution is -2.41. The van der Waals surface area contributed by atoms with Gasteiger partial charge < -0.3 is 4.90 Å². The number of nitrogens with zero attached hydrogens (tertiary/aromatic N) is 1. The summed E-state index contributed by atoms with van der Waals surface area (Å²) in [6.07, 6.45) is 3.34. The third-order valence-electron chi connectivity index (χ3n) is 5.26. The summed E-state index contributed by atoms with van der Waals surface area (Å²) < 4.78 is 13.1. The van der Waals surface area contributed by atoms with Crippen molar-refractivity contribution in [2.45, 2.75) is 45.3 Å². The van der Waals surface area contributed by atoms with Crippen LogP contribution in [0.25, 0.3) is 0 Å². The lowest BCUT2D eigenvalue weighted by molar-refractivity contribution is -0.131. The smallest absolute Gasteiger partial charge is 0.238 e. The lowest BCUT2D eigenvalue weighted by atomic mass is 9.92. The highest BCUT2D eigenvalue weighted by Crippen LogP contribution is 2.40. The topological polar surface area (TPSA) is 32.3 Å². The number of benzene rings is 1. The molecular formula is C17H23FN2O. The van der Waals surface area contributed by atoms with Crippen LogP contribution in [-0.2, 0) is 4.79 Å². The third-order valence-corrected chi connectivity index (χ3v) is 5.26. The molecule has 1 amide bonds. The molecule has 4 unspecified atom stereocenters. The largest absolute Gasteiger partial charge is 0.319 e. The molecule has 21 heavy (non-hydrogen) atoms. The van der Waals surface area contributed by atoms with E-state index in [9.17, 15) is 9.18 Å². The van der Waals surface area contributed by atoms with Crippen molar-refractivity contribution >= 4 is 5.91 Å². The van der Waals surface area contributed by atoms with Crippen molar-refractivity contribution in [3.8, 4) is 0 Å². The summed E-state index contributed by atoms with van der Waals surface area (Å²) in [5.41, 5.74) is 0.967. The molecule has 4 atom stereocenters. The van der Waals surface area contributed by atoms with Crippen LogP contribution < -0.4 is 5.32 Å². The zero-order chi connectivity index (χ0) is 15.0. The van der Waals surface area contributed by atoms with E-state index in [2.05, 4.69) is 19.2 Å². The number of nitrogens with one attached hydrogen (secondary N) is 1. The Morgan fingerprint density at radius 3 is 2.62 bits per heavy atom. The average Bonchev–Trinajstić information content (AvgIpc) is 3.02. The molecule has 1 aromatic rings. The molecule has 1 saturated carbocycles. The fourth-order valence-corrected chi connectivity index (χ4v) is 4.01. The standard InChI is InChI=1S/C17H23FN2O/c1-3-12-6-9-15(11(12)2)20-16(21)10-19-17(20)13-4-7-14(18)8-5-13/h4-5,7-8,11-12,15,17,19H,3,6,9-10H2,1-2H3. The molecule has 114 valence electrons. The van der Waals surface area contributed by atoms with E-state index in [1.807, 2.05) is 4.90 Å². The Hall–Kier alpha value is -1.42. The zero-order valence-corrected chi connectivity index (χ0v) is 12.7. The van der Waals surface area contributed by atoms with E-state index in [-0.39, 0.29) is 17.9 Å². The first kappa shape index (κ1) is 14.5. The molecule has 1 N–H and O–H groups in total. The second-order valence-electron chi connectivity index (χ2n) is 6.31. The number of hydrogen-bond acceptors (Lipinski definition) is 2. The maximum Gasteiger partial charge on any atom is 0.238 e. The highest BCUT2D eigenvalue weighted by atomic mass is 19.1. The average molecular weight is 290 g/mol. The van der Waals surface area contributed by atoms with Gasteiger partial charge in [-0.05, 0) is 42.4 Å². The lowest BCUT2D eigenvalue weighted by Gasteiger charge is -2.34. The summed E-state index contributed by atoms with van der Waals surface area (Å²) in [5, 5.41) is 3.28. The number of hydrogen-bond donors (Lipinski definition) is 1. The fourth-order valence-electron chi connectivity index (χ4n) is 4.01. The van der Waals surface area contributed by atoms with Crippen LogP contribution >= 0.6 is 0 Å². The number of rotatable bonds is 3. The Morgan fingerprint density at radius 2 is 2.00 bits per heavy atom. The van der Waals surface area contributed by atoms with Crippen molar-refractivity contribution in [2.24, 2.45) is 11.8 Å². The molecular weight excluding hydrogens is 267 g/mol. The summed E-state index contributed by atoms with van der Waals surface area (Å²) in [4.78, 5) is 14.3. The summed E-state index contributed by atoms with van der Waals surface area (Å²) in [6, 6.07) is 6.77. The van der Waals surface area contributed by atoms with E-state index in [1.165, 1.54) is 25.0 Å². The van der Waals surface area contributed by atoms with Gasteiger partial charge in [0.1, 0.15) is 12.0 Å². The molecule has 1 saturated heterocycles. The van der Waals surface area contributed by atoms with Gasteiger partial charge >= 0.3 is 0 Å². The molecule has 0 bridgehead atoms. The van der Waals surface area contributed by atoms with Crippen LogP contribution in [0.1, 0.15) is 44.8 Å². The first-order valence-electron chi connectivity index (χ1n) is 7.91. The summed E-state index contributed by atoms with van der Waals surface area (Å²) in [6.45, 7) is 4.87. The van der Waals surface area contributed by atoms with E-state index in [0.717, 1.165) is 12.0 Å². The van der Waals surface area contributed by atoms with Gasteiger partial charge in [-0.1, -0.05) is 32.4 Å². The highest BCUT2D eigenvalue weighted by Gasteiger charge is 2.43. The van der Waals surface area contributed by atoms with Crippen molar-refractivity contribution in [3.05, 3.63) is 35.6 Å². The van der Waals surface area contributed by atoms with Crippen LogP contribution in [0, 0.1) is 17.7 Å². The minimum Gasteiger partial charge on any atom is -0.319 e. The highest BCUT2D eigenvalue weighted by molar-refractivity contribution is 5.81. The van der Waals surface area contributed by atoms with Crippen LogP contribution in [0.15, 0.2) is 24.3 Å². The van der Waals surface area contributed by atoms with Gasteiger partial charge in [0, 0.05) is 6.04 Å². The number of halogens is 1. The Kier molecular flexibility index (Phi) is 3.98. The monoisotopic (exact) mass is 290 g/mol. The Morgan fingerprint density at radius 1 is 1.29 bits per heavy atom. The predicted molar refractivity (Wildman–Crippen MR) is 80.0 cm³/mol. The molecule has 3 rings (SSSR count). The molecule has 1 aliphatic heterocycles. The SMILES string of the molecule is CCC1CCC(N2C(=O)CNC2c2ccc(F)cc2)C1C. The van der Waals surface area contributed by atoms with Gasteiger partial charge in [-0.15, -0.1) is 0 Å². The number of carbonyl (C=O) groups is 1. The van der Waals surface area contributed by atoms with E-state index in [4.69, 9.17) is 0 Å². The molecule has 3 nitrogen and oxygen atoms in total. The molecule has 1 aliphatic carbocycles. The van der Waals surface area contributed by atoms with E-state index in [0.29, 0.717) is 24.4 Å². The van der Waals surface area contributed by atoms with Crippen molar-refractivity contribution in [1.29, 1.82) is 0 Å². The fraction of sp³-hybridized carbons (Fsp3) is 0.588. The quantitative estimate of drug-likeness (QED) is 0.928. The van der Waals surface area contributed by atoms with E-state index in [1.54, 1.807) is 12.1 Å². The van der Waals surface area contributed by atoms with Crippen molar-refractivity contribution in [1.82, 2.24) is 10.2 Å². The zero-order valence-electron chi connectivity index (χ0n) is 12.7. The number of amides is 1. The molecule has 2 aliphatic rings. The van der Waals surface area contributed by atoms with Crippen molar-refractivity contribution < 1.29 is 9.18 Å². The van der Waals surface area contributed by atoms with Crippen molar-refractivity contribution in [2.75, 3.05) is 6.54 Å². The molecule has 1 heterocycles. The maximum absolute atomic E-state index is 13.1. The first-order valence-corrected chi connectivity index (χ1v) is 7.91. The molecule has 0 aromatic heterocycles. The molecule has 1 aromatic carbocycles. The van der Waals surface area contributed by atoms with Gasteiger partial charge in [-0.25, -0.2) is 4.39 Å². The van der Waals surface area contributed by atoms with Crippen LogP contribution in [0.5, 0.6) is 0 Å². The summed E-state index contributed by atoms with van der Waals surface area (Å²) in [7, 11) is 0. The van der Waals surface area contributed by atoms with Gasteiger partial charge in [0.15, 0.2) is 0 Å². The second-order valence-corrected chi connectivity index (χ2v) is 6.31. The predicted octanol–water partition coefficient (Wildman–Crippen LogP) is 3.08. The van der Waals surface area contributed by atoms with E-state index < -0.39 is 0 Å². The Bertz CT molecular complexity index is 516. The van der Waals surface area contributed by atoms with Gasteiger partial charge in [0.05, 0.1) is 6.54 Å². The van der Waals surface area contributed by atoms with Crippen LogP contribution in [0.2, 0.25) is 0 Å². The normalized spacial score (nSPS) is 32.9. The summed E-state index contributed by atoms with van der Waals surface area (Å²) in [5.74, 6) is 1.16. The van der Waals surface area contributed by atoms with Gasteiger partial charge in [0.2, 0.25) is 5.91 Å². The first-order chi connectivity index (χ1) is 10.1. The molecule has 0 radical (unpaired) electrons. The van der Waals surface area contributed by atoms with Crippen LogP contribution in [-0.4, -0.2) is 23.4 Å². The molecule has 4 heteroatoms. The van der Waals surface area contributed by atoms with Gasteiger partial charge in [0.25, 0.3) is 0 Å². The number of carbonyl (C=O) groups excluding carboxylic acids is 1. The minimum absolute atomic E-state index is 0.110. The third kappa shape index (κ3) is 2.57. The minimum atomic E-state index is -0.241. The molecule has 0 spiro atoms. The van der Waals surface area contributed by atoms with Gasteiger partial charge in [-0.2, -0.15) is 0 Å². The van der Waals surface area contributed by atoms with Crippen LogP contribution in [0.4, 0.5) is 4.39 Å². The van der Waals surface area contributed by atoms with Gasteiger partial charge in [-0.3, -0.25) is 10.1 Å². The Balaban J connectivity index is 1.85. The second kappa shape index (κ2) is 5.76. The van der Waals surface area contributed by atoms with Crippen molar-refractivity contribution in [3.63, 3.8) is 0 Å². The maximum atomic E-state index is 13.1. The summed E-state index contributed by atoms with van der Waals surface area (Å²) >= 11 is 0. The van der Waals surface area contributed by atoms with E-state index >= 15 is 0 Å². The Labute approximate surface area is 125 Å². The van der Waals surface area contributed by atoms with Crippen LogP contribution in [0.3, 0.4) is 0 Å². The molecule has 2 fully saturated rings.